The van der Waals surface area contributed by atoms with Crippen molar-refractivity contribution in [2.24, 2.45) is 5.10 Å². The summed E-state index contributed by atoms with van der Waals surface area (Å²) in [5.41, 5.74) is 2.76. The average molecular weight is 280 g/mol. The second-order valence-electron chi connectivity index (χ2n) is 5.05. The molecule has 21 heavy (non-hydrogen) atoms. The maximum atomic E-state index is 12.2. The van der Waals surface area contributed by atoms with E-state index < -0.39 is 0 Å². The van der Waals surface area contributed by atoms with Crippen molar-refractivity contribution in [1.82, 2.24) is 5.01 Å². The number of benzene rings is 2. The van der Waals surface area contributed by atoms with Crippen LogP contribution in [0.1, 0.15) is 28.8 Å². The quantitative estimate of drug-likeness (QED) is 0.460. The van der Waals surface area contributed by atoms with Gasteiger partial charge in [0.05, 0.1) is 5.71 Å². The molecule has 0 saturated heterocycles. The van der Waals surface area contributed by atoms with Crippen LogP contribution in [0.15, 0.2) is 65.8 Å². The standard InChI is InChI=1S/C18H20N2O/c1-20(2)19-17(15-9-5-3-6-10-15)13-14-18(21)16-11-7-4-8-12-16/h3-12H,13-14H2,1-2H3/b19-17-. The Morgan fingerprint density at radius 1 is 0.857 bits per heavy atom. The zero-order valence-electron chi connectivity index (χ0n) is 12.5. The van der Waals surface area contributed by atoms with E-state index in [4.69, 9.17) is 0 Å². The zero-order valence-corrected chi connectivity index (χ0v) is 12.5. The van der Waals surface area contributed by atoms with Crippen LogP contribution >= 0.6 is 0 Å². The third-order valence-electron chi connectivity index (χ3n) is 3.11. The molecule has 0 saturated carbocycles. The van der Waals surface area contributed by atoms with Gasteiger partial charge in [0.25, 0.3) is 0 Å². The number of hydrazone groups is 1. The molecule has 3 nitrogen and oxygen atoms in total. The first-order chi connectivity index (χ1) is 10.2. The number of ketones is 1. The first-order valence-corrected chi connectivity index (χ1v) is 7.05. The van der Waals surface area contributed by atoms with Gasteiger partial charge in [-0.3, -0.25) is 4.79 Å². The van der Waals surface area contributed by atoms with Crippen LogP contribution in [0.5, 0.6) is 0 Å². The Hall–Kier alpha value is -2.42. The Labute approximate surface area is 125 Å². The molecule has 0 aliphatic rings. The van der Waals surface area contributed by atoms with Gasteiger partial charge in [0.1, 0.15) is 0 Å². The summed E-state index contributed by atoms with van der Waals surface area (Å²) in [6.07, 6.45) is 1.10. The Morgan fingerprint density at radius 3 is 1.90 bits per heavy atom. The molecule has 0 aromatic heterocycles. The molecule has 2 aromatic rings. The van der Waals surface area contributed by atoms with E-state index >= 15 is 0 Å². The van der Waals surface area contributed by atoms with Crippen molar-refractivity contribution < 1.29 is 4.79 Å². The molecule has 0 aliphatic heterocycles. The van der Waals surface area contributed by atoms with Crippen molar-refractivity contribution in [3.05, 3.63) is 71.8 Å². The van der Waals surface area contributed by atoms with E-state index in [1.165, 1.54) is 0 Å². The summed E-state index contributed by atoms with van der Waals surface area (Å²) in [5.74, 6) is 0.151. The summed E-state index contributed by atoms with van der Waals surface area (Å²) in [7, 11) is 3.78. The van der Waals surface area contributed by atoms with Gasteiger partial charge in [-0.05, 0) is 12.0 Å². The van der Waals surface area contributed by atoms with Crippen molar-refractivity contribution in [3.63, 3.8) is 0 Å². The molecule has 2 rings (SSSR count). The Morgan fingerprint density at radius 2 is 1.38 bits per heavy atom. The van der Waals surface area contributed by atoms with Crippen LogP contribution in [0.2, 0.25) is 0 Å². The van der Waals surface area contributed by atoms with Crippen LogP contribution in [-0.2, 0) is 0 Å². The van der Waals surface area contributed by atoms with Crippen molar-refractivity contribution in [2.45, 2.75) is 12.8 Å². The Kier molecular flexibility index (Phi) is 5.27. The van der Waals surface area contributed by atoms with Crippen LogP contribution in [0.25, 0.3) is 0 Å². The second kappa shape index (κ2) is 7.39. The highest BCUT2D eigenvalue weighted by Gasteiger charge is 2.10. The molecule has 0 bridgehead atoms. The zero-order chi connectivity index (χ0) is 15.1. The maximum absolute atomic E-state index is 12.2. The lowest BCUT2D eigenvalue weighted by Gasteiger charge is -2.11. The number of hydrogen-bond donors (Lipinski definition) is 0. The van der Waals surface area contributed by atoms with Crippen molar-refractivity contribution >= 4 is 11.5 Å². The van der Waals surface area contributed by atoms with Crippen molar-refractivity contribution in [3.8, 4) is 0 Å². The monoisotopic (exact) mass is 280 g/mol. The molecule has 108 valence electrons. The highest BCUT2D eigenvalue weighted by atomic mass is 16.1. The lowest BCUT2D eigenvalue weighted by molar-refractivity contribution is 0.0985. The third kappa shape index (κ3) is 4.56. The number of carbonyl (C=O) groups excluding carboxylic acids is 1. The molecule has 0 amide bonds. The summed E-state index contributed by atoms with van der Waals surface area (Å²) >= 11 is 0. The topological polar surface area (TPSA) is 32.7 Å². The van der Waals surface area contributed by atoms with E-state index in [2.05, 4.69) is 5.10 Å². The fraction of sp³-hybridized carbons (Fsp3) is 0.222. The Balaban J connectivity index is 2.09. The largest absolute Gasteiger partial charge is 0.303 e. The minimum Gasteiger partial charge on any atom is -0.303 e. The van der Waals surface area contributed by atoms with E-state index in [0.29, 0.717) is 12.8 Å². The summed E-state index contributed by atoms with van der Waals surface area (Å²) in [6, 6.07) is 19.4. The van der Waals surface area contributed by atoms with Crippen LogP contribution < -0.4 is 0 Å². The first-order valence-electron chi connectivity index (χ1n) is 7.05. The fourth-order valence-electron chi connectivity index (χ4n) is 2.12. The van der Waals surface area contributed by atoms with Gasteiger partial charge in [0, 0.05) is 26.1 Å². The minimum atomic E-state index is 0.151. The predicted molar refractivity (Wildman–Crippen MR) is 86.7 cm³/mol. The van der Waals surface area contributed by atoms with E-state index in [-0.39, 0.29) is 5.78 Å². The lowest BCUT2D eigenvalue weighted by Crippen LogP contribution is -2.12. The van der Waals surface area contributed by atoms with Gasteiger partial charge in [-0.2, -0.15) is 5.10 Å². The van der Waals surface area contributed by atoms with E-state index in [1.807, 2.05) is 74.8 Å². The minimum absolute atomic E-state index is 0.151. The Bertz CT molecular complexity index is 604. The summed E-state index contributed by atoms with van der Waals surface area (Å²) in [6.45, 7) is 0. The van der Waals surface area contributed by atoms with Gasteiger partial charge in [0.2, 0.25) is 0 Å². The summed E-state index contributed by atoms with van der Waals surface area (Å²) < 4.78 is 0. The summed E-state index contributed by atoms with van der Waals surface area (Å²) in [5, 5.41) is 6.28. The molecule has 0 fully saturated rings. The molecule has 2 aromatic carbocycles. The van der Waals surface area contributed by atoms with Gasteiger partial charge in [-0.1, -0.05) is 60.7 Å². The molecular weight excluding hydrogens is 260 g/mol. The number of rotatable bonds is 6. The maximum Gasteiger partial charge on any atom is 0.163 e. The van der Waals surface area contributed by atoms with Gasteiger partial charge in [-0.15, -0.1) is 0 Å². The smallest absolute Gasteiger partial charge is 0.163 e. The van der Waals surface area contributed by atoms with Crippen molar-refractivity contribution in [2.75, 3.05) is 14.1 Å². The van der Waals surface area contributed by atoms with Gasteiger partial charge in [-0.25, -0.2) is 0 Å². The van der Waals surface area contributed by atoms with Crippen LogP contribution in [0, 0.1) is 0 Å². The van der Waals surface area contributed by atoms with Gasteiger partial charge < -0.3 is 5.01 Å². The molecule has 0 radical (unpaired) electrons. The van der Waals surface area contributed by atoms with E-state index in [9.17, 15) is 4.79 Å². The number of nitrogens with zero attached hydrogens (tertiary/aromatic N) is 2. The van der Waals surface area contributed by atoms with E-state index in [0.717, 1.165) is 16.8 Å². The SMILES string of the molecule is CN(C)/N=C(/CCC(=O)c1ccccc1)c1ccccc1. The normalized spacial score (nSPS) is 11.2. The molecule has 0 unspecified atom stereocenters. The number of carbonyl (C=O) groups is 1. The molecule has 0 heterocycles. The van der Waals surface area contributed by atoms with Gasteiger partial charge >= 0.3 is 0 Å². The highest BCUT2D eigenvalue weighted by molar-refractivity contribution is 6.04. The molecule has 0 N–H and O–H groups in total. The fourth-order valence-corrected chi connectivity index (χ4v) is 2.12. The summed E-state index contributed by atoms with van der Waals surface area (Å²) in [4.78, 5) is 12.2. The molecule has 0 spiro atoms. The van der Waals surface area contributed by atoms with Crippen molar-refractivity contribution in [1.29, 1.82) is 0 Å². The third-order valence-corrected chi connectivity index (χ3v) is 3.11. The van der Waals surface area contributed by atoms with Crippen LogP contribution in [0.3, 0.4) is 0 Å². The average Bonchev–Trinajstić information content (AvgIpc) is 2.52. The number of Topliss-reactive ketones (excluding diaryl/α,β-unsaturated/α-hetero) is 1. The van der Waals surface area contributed by atoms with Gasteiger partial charge in [0.15, 0.2) is 5.78 Å². The van der Waals surface area contributed by atoms with Crippen LogP contribution in [0.4, 0.5) is 0 Å². The molecule has 0 atom stereocenters. The molecular formula is C18H20N2O. The second-order valence-corrected chi connectivity index (χ2v) is 5.05. The number of hydrogen-bond acceptors (Lipinski definition) is 3. The van der Waals surface area contributed by atoms with E-state index in [1.54, 1.807) is 5.01 Å². The molecule has 0 aliphatic carbocycles. The predicted octanol–water partition coefficient (Wildman–Crippen LogP) is 3.62. The van der Waals surface area contributed by atoms with Crippen LogP contribution in [-0.4, -0.2) is 30.6 Å². The first kappa shape index (κ1) is 15.0. The highest BCUT2D eigenvalue weighted by Crippen LogP contribution is 2.11. The lowest BCUT2D eigenvalue weighted by atomic mass is 10.0. The molecule has 3 heteroatoms.